The molecule has 0 saturated heterocycles. The molecule has 0 amide bonds. The molecule has 1 rings (SSSR count). The van der Waals surface area contributed by atoms with Crippen LogP contribution in [0.15, 0.2) is 0 Å². The summed E-state index contributed by atoms with van der Waals surface area (Å²) < 4.78 is 0. The zero-order valence-electron chi connectivity index (χ0n) is 7.49. The normalized spacial score (nSPS) is 10.5. The van der Waals surface area contributed by atoms with Crippen LogP contribution in [-0.4, -0.2) is 5.11 Å². The Balaban J connectivity index is 3.56. The van der Waals surface area contributed by atoms with Gasteiger partial charge in [0, 0.05) is 12.1 Å². The van der Waals surface area contributed by atoms with Crippen LogP contribution in [-0.2, 0) is 6.54 Å². The molecule has 0 aliphatic heterocycles. The molecule has 0 aromatic heterocycles. The number of aromatic hydroxyl groups is 1. The van der Waals surface area contributed by atoms with Crippen molar-refractivity contribution in [1.29, 1.82) is 0 Å². The summed E-state index contributed by atoms with van der Waals surface area (Å²) in [7, 11) is 0. The highest BCUT2D eigenvalue weighted by atomic mass is 35.5. The van der Waals surface area contributed by atoms with Gasteiger partial charge in [-0.05, 0) is 25.0 Å². The lowest BCUT2D eigenvalue weighted by atomic mass is 10.0. The van der Waals surface area contributed by atoms with Gasteiger partial charge >= 0.3 is 0 Å². The van der Waals surface area contributed by atoms with Crippen LogP contribution in [0.25, 0.3) is 0 Å². The minimum atomic E-state index is -0.00253. The maximum absolute atomic E-state index is 9.59. The van der Waals surface area contributed by atoms with Gasteiger partial charge in [-0.1, -0.05) is 23.2 Å². The highest BCUT2D eigenvalue weighted by Gasteiger charge is 2.15. The summed E-state index contributed by atoms with van der Waals surface area (Å²) in [6.07, 6.45) is 0. The van der Waals surface area contributed by atoms with Gasteiger partial charge < -0.3 is 10.8 Å². The van der Waals surface area contributed by atoms with E-state index in [-0.39, 0.29) is 17.3 Å². The first kappa shape index (κ1) is 10.6. The van der Waals surface area contributed by atoms with E-state index in [1.54, 1.807) is 0 Å². The summed E-state index contributed by atoms with van der Waals surface area (Å²) >= 11 is 11.7. The predicted molar refractivity (Wildman–Crippen MR) is 55.5 cm³/mol. The summed E-state index contributed by atoms with van der Waals surface area (Å²) in [5.74, 6) is -0.00253. The van der Waals surface area contributed by atoms with Crippen molar-refractivity contribution in [2.45, 2.75) is 20.4 Å². The lowest BCUT2D eigenvalue weighted by Gasteiger charge is -2.13. The first-order valence-corrected chi connectivity index (χ1v) is 4.62. The number of halogens is 2. The molecule has 2 nitrogen and oxygen atoms in total. The quantitative estimate of drug-likeness (QED) is 0.764. The number of benzene rings is 1. The van der Waals surface area contributed by atoms with Gasteiger partial charge in [0.25, 0.3) is 0 Å². The Morgan fingerprint density at radius 1 is 1.15 bits per heavy atom. The molecule has 1 aromatic carbocycles. The Bertz CT molecular complexity index is 321. The standard InChI is InChI=1S/C9H11Cl2NO/c1-4-5(2)7(10)8(11)9(13)6(4)3-12/h13H,3,12H2,1-2H3. The minimum absolute atomic E-state index is 0.00253. The van der Waals surface area contributed by atoms with Gasteiger partial charge in [-0.2, -0.15) is 0 Å². The zero-order valence-corrected chi connectivity index (χ0v) is 9.00. The van der Waals surface area contributed by atoms with E-state index >= 15 is 0 Å². The molecule has 0 bridgehead atoms. The van der Waals surface area contributed by atoms with Gasteiger partial charge in [0.2, 0.25) is 0 Å². The van der Waals surface area contributed by atoms with Crippen LogP contribution >= 0.6 is 23.2 Å². The summed E-state index contributed by atoms with van der Waals surface area (Å²) in [6, 6.07) is 0. The highest BCUT2D eigenvalue weighted by Crippen LogP contribution is 2.39. The molecule has 0 unspecified atom stereocenters. The molecule has 0 fully saturated rings. The van der Waals surface area contributed by atoms with Crippen molar-refractivity contribution in [2.24, 2.45) is 5.73 Å². The van der Waals surface area contributed by atoms with Crippen LogP contribution in [0.1, 0.15) is 16.7 Å². The van der Waals surface area contributed by atoms with Crippen molar-refractivity contribution in [3.8, 4) is 5.75 Å². The van der Waals surface area contributed by atoms with Crippen molar-refractivity contribution in [3.05, 3.63) is 26.7 Å². The average Bonchev–Trinajstić information content (AvgIpc) is 2.13. The molecule has 0 radical (unpaired) electrons. The second kappa shape index (κ2) is 3.74. The third-order valence-corrected chi connectivity index (χ3v) is 3.17. The first-order valence-electron chi connectivity index (χ1n) is 3.86. The Morgan fingerprint density at radius 2 is 1.69 bits per heavy atom. The molecule has 1 aromatic rings. The van der Waals surface area contributed by atoms with Gasteiger partial charge in [0.15, 0.2) is 0 Å². The van der Waals surface area contributed by atoms with Crippen LogP contribution in [0.3, 0.4) is 0 Å². The fourth-order valence-corrected chi connectivity index (χ4v) is 1.71. The number of hydrogen-bond donors (Lipinski definition) is 2. The number of phenols is 1. The van der Waals surface area contributed by atoms with Crippen LogP contribution in [0.5, 0.6) is 5.75 Å². The SMILES string of the molecule is Cc1c(C)c(CN)c(O)c(Cl)c1Cl. The van der Waals surface area contributed by atoms with Gasteiger partial charge in [0.1, 0.15) is 10.8 Å². The fourth-order valence-electron chi connectivity index (χ4n) is 1.22. The van der Waals surface area contributed by atoms with E-state index in [1.165, 1.54) is 0 Å². The lowest BCUT2D eigenvalue weighted by Crippen LogP contribution is -2.02. The van der Waals surface area contributed by atoms with Crippen LogP contribution in [0.4, 0.5) is 0 Å². The second-order valence-electron chi connectivity index (χ2n) is 2.91. The van der Waals surface area contributed by atoms with Gasteiger partial charge in [0.05, 0.1) is 5.02 Å². The zero-order chi connectivity index (χ0) is 10.2. The van der Waals surface area contributed by atoms with E-state index in [4.69, 9.17) is 28.9 Å². The maximum Gasteiger partial charge on any atom is 0.140 e. The van der Waals surface area contributed by atoms with E-state index in [1.807, 2.05) is 13.8 Å². The molecule has 4 heteroatoms. The Morgan fingerprint density at radius 3 is 2.15 bits per heavy atom. The Labute approximate surface area is 87.3 Å². The summed E-state index contributed by atoms with van der Waals surface area (Å²) in [4.78, 5) is 0. The third-order valence-electron chi connectivity index (χ3n) is 2.23. The summed E-state index contributed by atoms with van der Waals surface area (Å²) in [5, 5.41) is 10.2. The molecule has 0 saturated carbocycles. The van der Waals surface area contributed by atoms with Gasteiger partial charge in [-0.3, -0.25) is 0 Å². The number of hydrogen-bond acceptors (Lipinski definition) is 2. The van der Waals surface area contributed by atoms with E-state index in [0.717, 1.165) is 11.1 Å². The molecular formula is C9H11Cl2NO. The molecule has 0 aliphatic rings. The first-order chi connectivity index (χ1) is 6.00. The molecule has 0 heterocycles. The molecule has 0 spiro atoms. The minimum Gasteiger partial charge on any atom is -0.506 e. The second-order valence-corrected chi connectivity index (χ2v) is 3.67. The van der Waals surface area contributed by atoms with Crippen molar-refractivity contribution >= 4 is 23.2 Å². The van der Waals surface area contributed by atoms with Crippen LogP contribution in [0, 0.1) is 13.8 Å². The molecule has 0 atom stereocenters. The van der Waals surface area contributed by atoms with Crippen molar-refractivity contribution in [3.63, 3.8) is 0 Å². The van der Waals surface area contributed by atoms with Crippen molar-refractivity contribution < 1.29 is 5.11 Å². The van der Waals surface area contributed by atoms with Crippen molar-refractivity contribution in [2.75, 3.05) is 0 Å². The van der Waals surface area contributed by atoms with E-state index in [2.05, 4.69) is 0 Å². The van der Waals surface area contributed by atoms with Gasteiger partial charge in [-0.15, -0.1) is 0 Å². The maximum atomic E-state index is 9.59. The lowest BCUT2D eigenvalue weighted by molar-refractivity contribution is 0.468. The smallest absolute Gasteiger partial charge is 0.140 e. The monoisotopic (exact) mass is 219 g/mol. The van der Waals surface area contributed by atoms with E-state index in [9.17, 15) is 5.11 Å². The van der Waals surface area contributed by atoms with Crippen LogP contribution < -0.4 is 5.73 Å². The van der Waals surface area contributed by atoms with Crippen LogP contribution in [0.2, 0.25) is 10.0 Å². The molecule has 72 valence electrons. The van der Waals surface area contributed by atoms with Crippen molar-refractivity contribution in [1.82, 2.24) is 0 Å². The molecular weight excluding hydrogens is 209 g/mol. The number of phenolic OH excluding ortho intramolecular Hbond substituents is 1. The largest absolute Gasteiger partial charge is 0.506 e. The predicted octanol–water partition coefficient (Wildman–Crippen LogP) is 2.77. The number of nitrogens with two attached hydrogens (primary N) is 1. The Kier molecular flexibility index (Phi) is 3.06. The number of rotatable bonds is 1. The summed E-state index contributed by atoms with van der Waals surface area (Å²) in [5.41, 5.74) is 7.90. The molecule has 3 N–H and O–H groups in total. The summed E-state index contributed by atoms with van der Waals surface area (Å²) in [6.45, 7) is 3.97. The Hall–Kier alpha value is -0.440. The highest BCUT2D eigenvalue weighted by molar-refractivity contribution is 6.43. The van der Waals surface area contributed by atoms with Gasteiger partial charge in [-0.25, -0.2) is 0 Å². The average molecular weight is 220 g/mol. The molecule has 0 aliphatic carbocycles. The molecule has 13 heavy (non-hydrogen) atoms. The van der Waals surface area contributed by atoms with E-state index < -0.39 is 0 Å². The van der Waals surface area contributed by atoms with E-state index in [0.29, 0.717) is 10.6 Å². The fraction of sp³-hybridized carbons (Fsp3) is 0.333. The topological polar surface area (TPSA) is 46.2 Å². The third kappa shape index (κ3) is 1.62.